The second kappa shape index (κ2) is 5.71. The van der Waals surface area contributed by atoms with Crippen LogP contribution in [0, 0.1) is 0 Å². The number of carboxylic acid groups (broad SMARTS) is 1. The summed E-state index contributed by atoms with van der Waals surface area (Å²) in [5.41, 5.74) is 0.787. The van der Waals surface area contributed by atoms with Crippen molar-refractivity contribution in [2.75, 3.05) is 13.1 Å². The molecule has 1 aromatic rings. The van der Waals surface area contributed by atoms with Crippen LogP contribution in [0.15, 0.2) is 24.3 Å². The van der Waals surface area contributed by atoms with Crippen LogP contribution in [0.1, 0.15) is 35.2 Å². The summed E-state index contributed by atoms with van der Waals surface area (Å²) in [5.74, 6) is -1.07. The molecule has 1 N–H and O–H groups in total. The molecule has 1 saturated heterocycles. The lowest BCUT2D eigenvalue weighted by Gasteiger charge is -2.25. The Morgan fingerprint density at radius 1 is 1.11 bits per heavy atom. The SMILES string of the molecule is O=C(O)c1ccc(CS(=O)(=O)N2CCCCC2)cc1. The fourth-order valence-electron chi connectivity index (χ4n) is 2.19. The maximum Gasteiger partial charge on any atom is 0.335 e. The summed E-state index contributed by atoms with van der Waals surface area (Å²) in [6.07, 6.45) is 2.91. The van der Waals surface area contributed by atoms with Crippen LogP contribution in [0.2, 0.25) is 0 Å². The zero-order valence-electron chi connectivity index (χ0n) is 10.6. The highest BCUT2D eigenvalue weighted by Gasteiger charge is 2.24. The van der Waals surface area contributed by atoms with E-state index < -0.39 is 16.0 Å². The molecule has 0 aliphatic carbocycles. The fraction of sp³-hybridized carbons (Fsp3) is 0.462. The van der Waals surface area contributed by atoms with E-state index in [1.54, 1.807) is 12.1 Å². The molecule has 104 valence electrons. The topological polar surface area (TPSA) is 74.7 Å². The van der Waals surface area contributed by atoms with Crippen molar-refractivity contribution in [1.82, 2.24) is 4.31 Å². The van der Waals surface area contributed by atoms with E-state index in [2.05, 4.69) is 0 Å². The zero-order chi connectivity index (χ0) is 13.9. The lowest BCUT2D eigenvalue weighted by molar-refractivity contribution is 0.0697. The Morgan fingerprint density at radius 3 is 2.21 bits per heavy atom. The Balaban J connectivity index is 2.09. The predicted octanol–water partition coefficient (Wildman–Crippen LogP) is 1.70. The normalized spacial score (nSPS) is 17.3. The third kappa shape index (κ3) is 3.54. The van der Waals surface area contributed by atoms with Crippen LogP contribution in [0.25, 0.3) is 0 Å². The number of piperidine rings is 1. The van der Waals surface area contributed by atoms with Crippen molar-refractivity contribution in [1.29, 1.82) is 0 Å². The number of hydrogen-bond acceptors (Lipinski definition) is 3. The van der Waals surface area contributed by atoms with E-state index in [4.69, 9.17) is 5.11 Å². The van der Waals surface area contributed by atoms with Gasteiger partial charge in [0.05, 0.1) is 11.3 Å². The van der Waals surface area contributed by atoms with Gasteiger partial charge in [0.1, 0.15) is 0 Å². The summed E-state index contributed by atoms with van der Waals surface area (Å²) in [6, 6.07) is 5.99. The Hall–Kier alpha value is -1.40. The number of sulfonamides is 1. The van der Waals surface area contributed by atoms with E-state index in [1.165, 1.54) is 16.4 Å². The quantitative estimate of drug-likeness (QED) is 0.912. The molecule has 6 heteroatoms. The lowest BCUT2D eigenvalue weighted by atomic mass is 10.1. The van der Waals surface area contributed by atoms with Crippen molar-refractivity contribution in [3.05, 3.63) is 35.4 Å². The minimum Gasteiger partial charge on any atom is -0.478 e. The van der Waals surface area contributed by atoms with Crippen LogP contribution in [0.4, 0.5) is 0 Å². The van der Waals surface area contributed by atoms with E-state index in [1.807, 2.05) is 0 Å². The number of aromatic carboxylic acids is 1. The smallest absolute Gasteiger partial charge is 0.335 e. The van der Waals surface area contributed by atoms with E-state index in [0.29, 0.717) is 18.7 Å². The molecule has 19 heavy (non-hydrogen) atoms. The lowest BCUT2D eigenvalue weighted by Crippen LogP contribution is -2.36. The number of benzene rings is 1. The zero-order valence-corrected chi connectivity index (χ0v) is 11.4. The highest BCUT2D eigenvalue weighted by atomic mass is 32.2. The Kier molecular flexibility index (Phi) is 4.21. The van der Waals surface area contributed by atoms with Crippen LogP contribution in [0.3, 0.4) is 0 Å². The molecule has 1 fully saturated rings. The number of nitrogens with zero attached hydrogens (tertiary/aromatic N) is 1. The minimum absolute atomic E-state index is 0.0626. The van der Waals surface area contributed by atoms with E-state index in [0.717, 1.165) is 19.3 Å². The molecule has 0 amide bonds. The molecule has 1 heterocycles. The molecule has 0 aromatic heterocycles. The molecule has 1 aromatic carbocycles. The number of carbonyl (C=O) groups is 1. The van der Waals surface area contributed by atoms with Crippen LogP contribution >= 0.6 is 0 Å². The molecule has 5 nitrogen and oxygen atoms in total. The van der Waals surface area contributed by atoms with Gasteiger partial charge in [0.15, 0.2) is 0 Å². The third-order valence-electron chi connectivity index (χ3n) is 3.26. The summed E-state index contributed by atoms with van der Waals surface area (Å²) in [7, 11) is -3.28. The van der Waals surface area contributed by atoms with E-state index >= 15 is 0 Å². The van der Waals surface area contributed by atoms with Gasteiger partial charge in [-0.15, -0.1) is 0 Å². The number of rotatable bonds is 4. The molecular formula is C13H17NO4S. The molecule has 1 aliphatic heterocycles. The van der Waals surface area contributed by atoms with Crippen molar-refractivity contribution in [2.45, 2.75) is 25.0 Å². The van der Waals surface area contributed by atoms with Gasteiger partial charge in [-0.1, -0.05) is 18.6 Å². The van der Waals surface area contributed by atoms with Gasteiger partial charge in [-0.05, 0) is 30.5 Å². The van der Waals surface area contributed by atoms with Gasteiger partial charge in [-0.25, -0.2) is 17.5 Å². The molecular weight excluding hydrogens is 266 g/mol. The third-order valence-corrected chi connectivity index (χ3v) is 5.11. The standard InChI is InChI=1S/C13H17NO4S/c15-13(16)12-6-4-11(5-7-12)10-19(17,18)14-8-2-1-3-9-14/h4-7H,1-3,8-10H2,(H,15,16). The van der Waals surface area contributed by atoms with Crippen molar-refractivity contribution in [2.24, 2.45) is 0 Å². The highest BCUT2D eigenvalue weighted by molar-refractivity contribution is 7.88. The largest absolute Gasteiger partial charge is 0.478 e. The summed E-state index contributed by atoms with van der Waals surface area (Å²) in [5, 5.41) is 8.79. The summed E-state index contributed by atoms with van der Waals surface area (Å²) in [6.45, 7) is 1.19. The maximum absolute atomic E-state index is 12.2. The van der Waals surface area contributed by atoms with Gasteiger partial charge in [-0.3, -0.25) is 0 Å². The van der Waals surface area contributed by atoms with Crippen molar-refractivity contribution < 1.29 is 18.3 Å². The first-order chi connectivity index (χ1) is 8.99. The average molecular weight is 283 g/mol. The predicted molar refractivity (Wildman–Crippen MR) is 71.4 cm³/mol. The molecule has 0 spiro atoms. The van der Waals surface area contributed by atoms with Crippen molar-refractivity contribution in [3.63, 3.8) is 0 Å². The second-order valence-corrected chi connectivity index (χ2v) is 6.69. The van der Waals surface area contributed by atoms with Gasteiger partial charge in [0, 0.05) is 13.1 Å². The van der Waals surface area contributed by atoms with E-state index in [-0.39, 0.29) is 11.3 Å². The second-order valence-electron chi connectivity index (χ2n) is 4.72. The summed E-state index contributed by atoms with van der Waals surface area (Å²) < 4.78 is 25.9. The molecule has 1 aliphatic rings. The summed E-state index contributed by atoms with van der Waals surface area (Å²) in [4.78, 5) is 10.7. The first-order valence-corrected chi connectivity index (χ1v) is 7.90. The molecule has 0 bridgehead atoms. The number of carboxylic acids is 1. The van der Waals surface area contributed by atoms with Gasteiger partial charge in [0.25, 0.3) is 0 Å². The Bertz CT molecular complexity index is 545. The fourth-order valence-corrected chi connectivity index (χ4v) is 3.80. The minimum atomic E-state index is -3.28. The first kappa shape index (κ1) is 14.0. The Morgan fingerprint density at radius 2 is 1.68 bits per heavy atom. The highest BCUT2D eigenvalue weighted by Crippen LogP contribution is 2.17. The van der Waals surface area contributed by atoms with Crippen LogP contribution in [-0.2, 0) is 15.8 Å². The molecule has 0 atom stereocenters. The van der Waals surface area contributed by atoms with Crippen molar-refractivity contribution >= 4 is 16.0 Å². The molecule has 0 unspecified atom stereocenters. The first-order valence-electron chi connectivity index (χ1n) is 6.29. The van der Waals surface area contributed by atoms with Crippen LogP contribution in [0.5, 0.6) is 0 Å². The monoisotopic (exact) mass is 283 g/mol. The molecule has 2 rings (SSSR count). The van der Waals surface area contributed by atoms with Gasteiger partial charge in [0.2, 0.25) is 10.0 Å². The average Bonchev–Trinajstić information content (AvgIpc) is 2.40. The van der Waals surface area contributed by atoms with E-state index in [9.17, 15) is 13.2 Å². The molecule has 0 saturated carbocycles. The number of hydrogen-bond donors (Lipinski definition) is 1. The van der Waals surface area contributed by atoms with Gasteiger partial charge in [-0.2, -0.15) is 0 Å². The Labute approximate surface area is 112 Å². The van der Waals surface area contributed by atoms with Crippen LogP contribution in [-0.4, -0.2) is 36.9 Å². The maximum atomic E-state index is 12.2. The van der Waals surface area contributed by atoms with Gasteiger partial charge < -0.3 is 5.11 Å². The van der Waals surface area contributed by atoms with Gasteiger partial charge >= 0.3 is 5.97 Å². The van der Waals surface area contributed by atoms with Crippen LogP contribution < -0.4 is 0 Å². The van der Waals surface area contributed by atoms with Crippen molar-refractivity contribution in [3.8, 4) is 0 Å². The molecule has 0 radical (unpaired) electrons. The summed E-state index contributed by atoms with van der Waals surface area (Å²) >= 11 is 0.